The molecule has 3 aromatic rings. The molecule has 0 saturated heterocycles. The zero-order valence-corrected chi connectivity index (χ0v) is 19.9. The summed E-state index contributed by atoms with van der Waals surface area (Å²) in [7, 11) is 0. The van der Waals surface area contributed by atoms with Crippen LogP contribution in [0.2, 0.25) is 0 Å². The third-order valence-electron chi connectivity index (χ3n) is 6.19. The molecular formula is C20H6F18N2O4. The van der Waals surface area contributed by atoms with E-state index in [0.29, 0.717) is 0 Å². The van der Waals surface area contributed by atoms with Gasteiger partial charge in [-0.05, 0) is 12.1 Å². The molecule has 0 aliphatic carbocycles. The van der Waals surface area contributed by atoms with E-state index in [9.17, 15) is 98.2 Å². The van der Waals surface area contributed by atoms with Crippen LogP contribution < -0.4 is 22.2 Å². The number of hydrogen-bond donors (Lipinski definition) is 0. The van der Waals surface area contributed by atoms with Crippen LogP contribution in [0.15, 0.2) is 31.3 Å². The second-order valence-electron chi connectivity index (χ2n) is 9.04. The van der Waals surface area contributed by atoms with Gasteiger partial charge in [0.2, 0.25) is 0 Å². The lowest BCUT2D eigenvalue weighted by Gasteiger charge is -2.33. The number of nitrogens with zero attached hydrogens (tertiary/aromatic N) is 2. The molecular weight excluding hydrogens is 674 g/mol. The molecule has 2 heterocycles. The lowest BCUT2D eigenvalue weighted by Crippen LogP contribution is -2.62. The van der Waals surface area contributed by atoms with Gasteiger partial charge in [-0.1, -0.05) is 0 Å². The minimum atomic E-state index is -7.44. The van der Waals surface area contributed by atoms with Crippen LogP contribution in [0, 0.1) is 0 Å². The van der Waals surface area contributed by atoms with Crippen molar-refractivity contribution in [2.45, 2.75) is 61.0 Å². The van der Waals surface area contributed by atoms with Gasteiger partial charge in [-0.25, -0.2) is 0 Å². The molecule has 0 unspecified atom stereocenters. The molecule has 0 aliphatic heterocycles. The largest absolute Gasteiger partial charge is 0.460 e. The van der Waals surface area contributed by atoms with Crippen LogP contribution >= 0.6 is 0 Å². The molecule has 0 N–H and O–H groups in total. The molecule has 0 bridgehead atoms. The molecule has 1 aromatic carbocycles. The summed E-state index contributed by atoms with van der Waals surface area (Å²) in [6.07, 6.45) is -14.6. The van der Waals surface area contributed by atoms with Crippen molar-refractivity contribution in [2.24, 2.45) is 0 Å². The van der Waals surface area contributed by atoms with Gasteiger partial charge in [-0.3, -0.25) is 28.3 Å². The number of hydrogen-bond acceptors (Lipinski definition) is 4. The fraction of sp³-hybridized carbons (Fsp3) is 0.500. The van der Waals surface area contributed by atoms with E-state index in [0.717, 1.165) is 0 Å². The maximum absolute atomic E-state index is 14.0. The first-order valence-corrected chi connectivity index (χ1v) is 10.6. The van der Waals surface area contributed by atoms with E-state index in [4.69, 9.17) is 0 Å². The van der Waals surface area contributed by atoms with Crippen LogP contribution in [-0.4, -0.2) is 57.0 Å². The minimum absolute atomic E-state index is 0.0354. The Bertz CT molecular complexity index is 1630. The van der Waals surface area contributed by atoms with Crippen LogP contribution in [0.1, 0.15) is 0 Å². The number of alkyl halides is 18. The predicted molar refractivity (Wildman–Crippen MR) is 107 cm³/mol. The van der Waals surface area contributed by atoms with Crippen molar-refractivity contribution in [1.82, 2.24) is 9.13 Å². The van der Waals surface area contributed by atoms with Crippen molar-refractivity contribution in [2.75, 3.05) is 0 Å². The first kappa shape index (κ1) is 34.7. The van der Waals surface area contributed by atoms with E-state index in [1.807, 2.05) is 0 Å². The topological polar surface area (TPSA) is 78.1 Å². The molecule has 0 saturated carbocycles. The van der Waals surface area contributed by atoms with Gasteiger partial charge >= 0.3 is 47.9 Å². The fourth-order valence-electron chi connectivity index (χ4n) is 3.77. The Kier molecular flexibility index (Phi) is 7.40. The molecule has 6 nitrogen and oxygen atoms in total. The van der Waals surface area contributed by atoms with Crippen molar-refractivity contribution in [1.29, 1.82) is 0 Å². The Hall–Kier alpha value is -3.76. The molecule has 44 heavy (non-hydrogen) atoms. The lowest BCUT2D eigenvalue weighted by atomic mass is 10.0. The average molecular weight is 680 g/mol. The highest BCUT2D eigenvalue weighted by Gasteiger charge is 2.82. The van der Waals surface area contributed by atoms with Crippen molar-refractivity contribution in [3.63, 3.8) is 0 Å². The summed E-state index contributed by atoms with van der Waals surface area (Å²) in [4.78, 5) is 49.6. The number of benzene rings is 1. The quantitative estimate of drug-likeness (QED) is 0.319. The Morgan fingerprint density at radius 2 is 0.591 bits per heavy atom. The van der Waals surface area contributed by atoms with E-state index >= 15 is 0 Å². The van der Waals surface area contributed by atoms with Crippen LogP contribution in [0.5, 0.6) is 0 Å². The zero-order chi connectivity index (χ0) is 34.6. The van der Waals surface area contributed by atoms with Gasteiger partial charge in [0.1, 0.15) is 0 Å². The third kappa shape index (κ3) is 4.53. The first-order chi connectivity index (χ1) is 19.3. The summed E-state index contributed by atoms with van der Waals surface area (Å²) >= 11 is 0. The summed E-state index contributed by atoms with van der Waals surface area (Å²) in [6, 6.07) is -0.0708. The molecule has 0 amide bonds. The highest BCUT2D eigenvalue weighted by Crippen LogP contribution is 2.54. The molecule has 0 spiro atoms. The Balaban J connectivity index is 2.18. The highest BCUT2D eigenvalue weighted by molar-refractivity contribution is 5.97. The number of aromatic nitrogens is 2. The summed E-state index contributed by atoms with van der Waals surface area (Å²) < 4.78 is 235. The summed E-state index contributed by atoms with van der Waals surface area (Å²) in [5.74, 6) is -42.5. The van der Waals surface area contributed by atoms with Gasteiger partial charge in [-0.15, -0.1) is 0 Å². The van der Waals surface area contributed by atoms with E-state index in [-0.39, 0.29) is 12.1 Å². The van der Waals surface area contributed by atoms with E-state index in [1.165, 1.54) is 0 Å². The zero-order valence-electron chi connectivity index (χ0n) is 19.9. The summed E-state index contributed by atoms with van der Waals surface area (Å²) in [5.41, 5.74) is -8.95. The van der Waals surface area contributed by atoms with Gasteiger partial charge < -0.3 is 0 Å². The normalized spacial score (nSPS) is 15.1. The van der Waals surface area contributed by atoms with Gasteiger partial charge in [0, 0.05) is 0 Å². The van der Waals surface area contributed by atoms with Gasteiger partial charge in [0.25, 0.3) is 22.2 Å². The Labute approximate surface area is 225 Å². The maximum Gasteiger partial charge on any atom is 0.460 e. The molecule has 2 aromatic heterocycles. The second-order valence-corrected chi connectivity index (χ2v) is 9.04. The maximum atomic E-state index is 14.0. The van der Waals surface area contributed by atoms with Crippen LogP contribution in [0.4, 0.5) is 79.0 Å². The van der Waals surface area contributed by atoms with Crippen molar-refractivity contribution < 1.29 is 79.0 Å². The number of fused-ring (bicyclic) bond motifs is 2. The van der Waals surface area contributed by atoms with Crippen molar-refractivity contribution in [3.8, 4) is 0 Å². The van der Waals surface area contributed by atoms with E-state index < -0.39 is 114 Å². The standard InChI is InChI=1S/C20H6F18N2O4/c21-13(22,15(25,26)17(29,30)19(33,34)35)3-39-9(41)5-1-6-8(2-7(5)11(39)43)12(44)40(10(6)42)4-14(23,24)16(27,28)18(31,32)20(36,37)38/h1-2H,3-4H2. The fourth-order valence-corrected chi connectivity index (χ4v) is 3.77. The number of halogens is 18. The predicted octanol–water partition coefficient (Wildman–Crippen LogP) is 4.85. The van der Waals surface area contributed by atoms with Gasteiger partial charge in [-0.2, -0.15) is 79.0 Å². The third-order valence-corrected chi connectivity index (χ3v) is 6.19. The summed E-state index contributed by atoms with van der Waals surface area (Å²) in [5, 5.41) is -5.56. The molecule has 246 valence electrons. The van der Waals surface area contributed by atoms with E-state index in [1.54, 1.807) is 0 Å². The van der Waals surface area contributed by atoms with Crippen LogP contribution in [-0.2, 0) is 13.1 Å². The summed E-state index contributed by atoms with van der Waals surface area (Å²) in [6.45, 7) is -6.35. The van der Waals surface area contributed by atoms with Crippen LogP contribution in [0.25, 0.3) is 21.5 Å². The average Bonchev–Trinajstić information content (AvgIpc) is 3.20. The molecule has 0 atom stereocenters. The molecule has 0 fully saturated rings. The molecule has 0 aliphatic rings. The lowest BCUT2D eigenvalue weighted by molar-refractivity contribution is -0.397. The van der Waals surface area contributed by atoms with Crippen molar-refractivity contribution in [3.05, 3.63) is 53.5 Å². The number of rotatable bonds is 8. The van der Waals surface area contributed by atoms with E-state index in [2.05, 4.69) is 0 Å². The van der Waals surface area contributed by atoms with Crippen LogP contribution in [0.3, 0.4) is 0 Å². The Morgan fingerprint density at radius 3 is 0.773 bits per heavy atom. The molecule has 3 rings (SSSR count). The van der Waals surface area contributed by atoms with Crippen molar-refractivity contribution >= 4 is 21.5 Å². The SMILES string of the molecule is O=c1c2cc3c(=O)n(CC(F)(F)C(F)(F)C(F)(F)C(F)(F)F)c(=O)c3cc2c(=O)n1CC(F)(F)C(F)(F)C(F)(F)C(F)(F)F. The smallest absolute Gasteiger partial charge is 0.269 e. The van der Waals surface area contributed by atoms with Gasteiger partial charge in [0.15, 0.2) is 0 Å². The Morgan fingerprint density at radius 1 is 0.386 bits per heavy atom. The van der Waals surface area contributed by atoms with Gasteiger partial charge in [0.05, 0.1) is 34.6 Å². The minimum Gasteiger partial charge on any atom is -0.269 e. The second kappa shape index (κ2) is 9.37. The molecule has 24 heteroatoms. The molecule has 0 radical (unpaired) electrons. The highest BCUT2D eigenvalue weighted by atomic mass is 19.4. The monoisotopic (exact) mass is 680 g/mol. The first-order valence-electron chi connectivity index (χ1n) is 10.6.